The summed E-state index contributed by atoms with van der Waals surface area (Å²) >= 11 is 0. The van der Waals surface area contributed by atoms with Gasteiger partial charge in [0.05, 0.1) is 11.8 Å². The van der Waals surface area contributed by atoms with Gasteiger partial charge in [0.2, 0.25) is 0 Å². The summed E-state index contributed by atoms with van der Waals surface area (Å²) in [5, 5.41) is 12.6. The average Bonchev–Trinajstić information content (AvgIpc) is 2.74. The van der Waals surface area contributed by atoms with E-state index < -0.39 is 0 Å². The van der Waals surface area contributed by atoms with Crippen molar-refractivity contribution in [2.24, 2.45) is 0 Å². The highest BCUT2D eigenvalue weighted by molar-refractivity contribution is 6.19. The van der Waals surface area contributed by atoms with Crippen LogP contribution < -0.4 is 14.8 Å². The van der Waals surface area contributed by atoms with Crippen molar-refractivity contribution in [3.63, 3.8) is 0 Å². The third kappa shape index (κ3) is 3.98. The summed E-state index contributed by atoms with van der Waals surface area (Å²) in [6.45, 7) is 1.60. The number of rotatable bonds is 5. The van der Waals surface area contributed by atoms with E-state index in [1.165, 1.54) is 24.0 Å². The maximum Gasteiger partial charge on any atom is 0.255 e. The Bertz CT molecular complexity index is 903. The number of carbonyl (C=O) groups is 1. The van der Waals surface area contributed by atoms with E-state index in [0.29, 0.717) is 31.8 Å². The quantitative estimate of drug-likeness (QED) is 0.615. The van der Waals surface area contributed by atoms with Crippen molar-refractivity contribution in [3.05, 3.63) is 64.9 Å². The number of fused-ring (bicyclic) bond motifs is 2. The van der Waals surface area contributed by atoms with Crippen LogP contribution in [-0.4, -0.2) is 30.8 Å². The van der Waals surface area contributed by atoms with E-state index in [9.17, 15) is 9.90 Å². The van der Waals surface area contributed by atoms with E-state index in [1.807, 2.05) is 30.3 Å². The third-order valence-electron chi connectivity index (χ3n) is 5.34. The molecule has 0 unspecified atom stereocenters. The van der Waals surface area contributed by atoms with Gasteiger partial charge in [-0.3, -0.25) is 4.79 Å². The number of hydrogen-bond acceptors (Lipinski definition) is 4. The molecule has 1 aliphatic carbocycles. The summed E-state index contributed by atoms with van der Waals surface area (Å²) in [5.74, 6) is 1.24. The maximum atomic E-state index is 12.6. The molecule has 5 heteroatoms. The predicted molar refractivity (Wildman–Crippen MR) is 108 cm³/mol. The molecule has 4 rings (SSSR count). The lowest BCUT2D eigenvalue weighted by molar-refractivity contribution is -0.115. The Morgan fingerprint density at radius 2 is 1.79 bits per heavy atom. The zero-order valence-electron chi connectivity index (χ0n) is 15.9. The van der Waals surface area contributed by atoms with Gasteiger partial charge < -0.3 is 19.9 Å². The minimum absolute atomic E-state index is 0.268. The number of carbonyl (C=O) groups excluding carboxylic acids is 1. The number of benzene rings is 2. The normalized spacial score (nSPS) is 15.6. The van der Waals surface area contributed by atoms with Crippen molar-refractivity contribution in [2.75, 3.05) is 19.8 Å². The Balaban J connectivity index is 1.37. The molecule has 1 heterocycles. The second kappa shape index (κ2) is 8.38. The van der Waals surface area contributed by atoms with Crippen molar-refractivity contribution in [2.45, 2.75) is 32.1 Å². The van der Waals surface area contributed by atoms with Crippen LogP contribution in [0.15, 0.2) is 42.7 Å². The van der Waals surface area contributed by atoms with Crippen molar-refractivity contribution >= 4 is 11.5 Å². The molecule has 0 fully saturated rings. The monoisotopic (exact) mass is 379 g/mol. The third-order valence-corrected chi connectivity index (χ3v) is 5.34. The molecular weight excluding hydrogens is 354 g/mol. The minimum Gasteiger partial charge on any atom is -0.515 e. The highest BCUT2D eigenvalue weighted by Crippen LogP contribution is 2.31. The number of amides is 1. The standard InChI is InChI=1S/C23H25NO4/c25-15-20(19-7-6-17-3-1-2-4-18(17)14-19)23(26)24-10-9-16-5-8-21-22(13-16)28-12-11-27-21/h5-8,13-15,25H,1-4,9-12H2,(H,24,26). The summed E-state index contributed by atoms with van der Waals surface area (Å²) in [6.07, 6.45) is 6.10. The van der Waals surface area contributed by atoms with Crippen LogP contribution in [0, 0.1) is 0 Å². The number of nitrogens with one attached hydrogen (secondary N) is 1. The van der Waals surface area contributed by atoms with Crippen LogP contribution in [0.3, 0.4) is 0 Å². The fourth-order valence-electron chi connectivity index (χ4n) is 3.82. The zero-order valence-corrected chi connectivity index (χ0v) is 15.9. The highest BCUT2D eigenvalue weighted by atomic mass is 16.6. The molecular formula is C23H25NO4. The SMILES string of the molecule is O=C(NCCc1ccc2c(c1)OCCO2)C(=CO)c1ccc2c(c1)CCCC2. The Morgan fingerprint density at radius 1 is 1.00 bits per heavy atom. The summed E-state index contributed by atoms with van der Waals surface area (Å²) in [6, 6.07) is 11.9. The minimum atomic E-state index is -0.268. The zero-order chi connectivity index (χ0) is 19.3. The first-order chi connectivity index (χ1) is 13.7. The first-order valence-electron chi connectivity index (χ1n) is 9.88. The van der Waals surface area contributed by atoms with Crippen molar-refractivity contribution in [1.29, 1.82) is 0 Å². The fraction of sp³-hybridized carbons (Fsp3) is 0.348. The average molecular weight is 379 g/mol. The van der Waals surface area contributed by atoms with Gasteiger partial charge in [-0.2, -0.15) is 0 Å². The van der Waals surface area contributed by atoms with Crippen LogP contribution in [0.5, 0.6) is 11.5 Å². The van der Waals surface area contributed by atoms with Gasteiger partial charge in [0, 0.05) is 6.54 Å². The van der Waals surface area contributed by atoms with E-state index in [-0.39, 0.29) is 5.91 Å². The molecule has 5 nitrogen and oxygen atoms in total. The first-order valence-corrected chi connectivity index (χ1v) is 9.88. The highest BCUT2D eigenvalue weighted by Gasteiger charge is 2.16. The van der Waals surface area contributed by atoms with Gasteiger partial charge in [0.25, 0.3) is 5.91 Å². The molecule has 2 aromatic carbocycles. The van der Waals surface area contributed by atoms with Crippen molar-refractivity contribution < 1.29 is 19.4 Å². The topological polar surface area (TPSA) is 67.8 Å². The Kier molecular flexibility index (Phi) is 5.51. The molecule has 0 atom stereocenters. The summed E-state index contributed by atoms with van der Waals surface area (Å²) in [5.41, 5.74) is 4.77. The van der Waals surface area contributed by atoms with Crippen LogP contribution in [0.2, 0.25) is 0 Å². The lowest BCUT2D eigenvalue weighted by Gasteiger charge is -2.19. The van der Waals surface area contributed by atoms with E-state index >= 15 is 0 Å². The van der Waals surface area contributed by atoms with Crippen LogP contribution in [0.4, 0.5) is 0 Å². The van der Waals surface area contributed by atoms with Gasteiger partial charge in [-0.25, -0.2) is 0 Å². The van der Waals surface area contributed by atoms with E-state index in [4.69, 9.17) is 9.47 Å². The molecule has 2 aliphatic rings. The molecule has 0 radical (unpaired) electrons. The van der Waals surface area contributed by atoms with Crippen molar-refractivity contribution in [1.82, 2.24) is 5.32 Å². The predicted octanol–water partition coefficient (Wildman–Crippen LogP) is 3.59. The van der Waals surface area contributed by atoms with Gasteiger partial charge in [-0.1, -0.05) is 24.3 Å². The fourth-order valence-corrected chi connectivity index (χ4v) is 3.82. The lowest BCUT2D eigenvalue weighted by Crippen LogP contribution is -2.26. The summed E-state index contributed by atoms with van der Waals surface area (Å²) in [7, 11) is 0. The van der Waals surface area contributed by atoms with Gasteiger partial charge >= 0.3 is 0 Å². The molecule has 28 heavy (non-hydrogen) atoms. The van der Waals surface area contributed by atoms with Crippen LogP contribution >= 0.6 is 0 Å². The molecule has 1 amide bonds. The van der Waals surface area contributed by atoms with Gasteiger partial charge in [0.15, 0.2) is 11.5 Å². The molecule has 1 aliphatic heterocycles. The number of aliphatic hydroxyl groups is 1. The number of hydrogen-bond donors (Lipinski definition) is 2. The molecule has 0 spiro atoms. The molecule has 0 saturated carbocycles. The summed E-state index contributed by atoms with van der Waals surface area (Å²) < 4.78 is 11.1. The first kappa shape index (κ1) is 18.4. The van der Waals surface area contributed by atoms with Crippen molar-refractivity contribution in [3.8, 4) is 11.5 Å². The molecule has 2 N–H and O–H groups in total. The second-order valence-electron chi connectivity index (χ2n) is 7.22. The molecule has 146 valence electrons. The van der Waals surface area contributed by atoms with Gasteiger partial charge in [0.1, 0.15) is 13.2 Å². The maximum absolute atomic E-state index is 12.6. The number of aryl methyl sites for hydroxylation is 2. The Hall–Kier alpha value is -2.95. The summed E-state index contributed by atoms with van der Waals surface area (Å²) in [4.78, 5) is 12.6. The Morgan fingerprint density at radius 3 is 2.61 bits per heavy atom. The molecule has 0 saturated heterocycles. The van der Waals surface area contributed by atoms with E-state index in [2.05, 4.69) is 11.4 Å². The lowest BCUT2D eigenvalue weighted by atomic mass is 9.89. The second-order valence-corrected chi connectivity index (χ2v) is 7.22. The number of aliphatic hydroxyl groups excluding tert-OH is 1. The molecule has 2 aromatic rings. The van der Waals surface area contributed by atoms with Crippen LogP contribution in [0.25, 0.3) is 5.57 Å². The smallest absolute Gasteiger partial charge is 0.255 e. The van der Waals surface area contributed by atoms with Crippen LogP contribution in [-0.2, 0) is 24.1 Å². The van der Waals surface area contributed by atoms with Gasteiger partial charge in [-0.15, -0.1) is 0 Å². The van der Waals surface area contributed by atoms with Crippen LogP contribution in [0.1, 0.15) is 35.1 Å². The van der Waals surface area contributed by atoms with E-state index in [0.717, 1.165) is 41.7 Å². The molecule has 0 bridgehead atoms. The largest absolute Gasteiger partial charge is 0.515 e. The van der Waals surface area contributed by atoms with Gasteiger partial charge in [-0.05, 0) is 66.5 Å². The molecule has 0 aromatic heterocycles. The number of ether oxygens (including phenoxy) is 2. The Labute approximate surface area is 165 Å². The van der Waals surface area contributed by atoms with E-state index in [1.54, 1.807) is 0 Å².